The second kappa shape index (κ2) is 3.80. The second-order valence-electron chi connectivity index (χ2n) is 4.32. The Hall–Kier alpha value is -0.540. The highest BCUT2D eigenvalue weighted by Crippen LogP contribution is 2.42. The summed E-state index contributed by atoms with van der Waals surface area (Å²) >= 11 is 1.77. The van der Waals surface area contributed by atoms with Crippen molar-refractivity contribution in [2.75, 3.05) is 5.75 Å². The van der Waals surface area contributed by atoms with Gasteiger partial charge in [0.05, 0.1) is 5.60 Å². The van der Waals surface area contributed by atoms with Crippen LogP contribution in [0.4, 0.5) is 4.39 Å². The topological polar surface area (TPSA) is 20.2 Å². The van der Waals surface area contributed by atoms with Gasteiger partial charge in [-0.2, -0.15) is 11.8 Å². The second-order valence-corrected chi connectivity index (χ2v) is 5.74. The van der Waals surface area contributed by atoms with Crippen LogP contribution in [0.25, 0.3) is 0 Å². The molecule has 2 rings (SSSR count). The summed E-state index contributed by atoms with van der Waals surface area (Å²) in [4.78, 5) is 0. The summed E-state index contributed by atoms with van der Waals surface area (Å²) < 4.78 is 12.9. The van der Waals surface area contributed by atoms with Crippen molar-refractivity contribution >= 4 is 11.8 Å². The lowest BCUT2D eigenvalue weighted by Crippen LogP contribution is -2.26. The van der Waals surface area contributed by atoms with E-state index in [1.54, 1.807) is 17.8 Å². The first-order valence-electron chi connectivity index (χ1n) is 5.12. The third kappa shape index (κ3) is 2.04. The van der Waals surface area contributed by atoms with Gasteiger partial charge < -0.3 is 5.11 Å². The lowest BCUT2D eigenvalue weighted by Gasteiger charge is -2.24. The molecule has 2 unspecified atom stereocenters. The molecule has 15 heavy (non-hydrogen) atoms. The van der Waals surface area contributed by atoms with Crippen molar-refractivity contribution < 1.29 is 9.50 Å². The maximum absolute atomic E-state index is 12.9. The summed E-state index contributed by atoms with van der Waals surface area (Å²) in [6, 6.07) is 4.62. The van der Waals surface area contributed by atoms with Crippen molar-refractivity contribution in [1.29, 1.82) is 0 Å². The van der Waals surface area contributed by atoms with Crippen LogP contribution in [0.3, 0.4) is 0 Å². The Labute approximate surface area is 93.7 Å². The van der Waals surface area contributed by atoms with Crippen LogP contribution >= 0.6 is 11.8 Å². The predicted molar refractivity (Wildman–Crippen MR) is 61.6 cm³/mol. The number of benzene rings is 1. The van der Waals surface area contributed by atoms with Crippen LogP contribution in [0.5, 0.6) is 0 Å². The van der Waals surface area contributed by atoms with E-state index in [0.29, 0.717) is 11.0 Å². The Kier molecular flexibility index (Phi) is 2.77. The van der Waals surface area contributed by atoms with E-state index >= 15 is 0 Å². The van der Waals surface area contributed by atoms with E-state index in [-0.39, 0.29) is 5.82 Å². The van der Waals surface area contributed by atoms with E-state index in [4.69, 9.17) is 0 Å². The van der Waals surface area contributed by atoms with Crippen molar-refractivity contribution in [3.05, 3.63) is 35.1 Å². The van der Waals surface area contributed by atoms with Gasteiger partial charge in [-0.05, 0) is 36.6 Å². The van der Waals surface area contributed by atoms with Crippen LogP contribution in [-0.2, 0) is 5.60 Å². The molecule has 0 bridgehead atoms. The molecular weight excluding hydrogens is 211 g/mol. The van der Waals surface area contributed by atoms with Gasteiger partial charge in [-0.1, -0.05) is 13.0 Å². The first-order chi connectivity index (χ1) is 7.01. The Morgan fingerprint density at radius 3 is 2.80 bits per heavy atom. The number of thioether (sulfide) groups is 1. The van der Waals surface area contributed by atoms with Crippen molar-refractivity contribution in [2.24, 2.45) is 0 Å². The molecule has 0 aliphatic carbocycles. The zero-order chi connectivity index (χ0) is 11.1. The molecule has 0 spiro atoms. The number of hydrogen-bond donors (Lipinski definition) is 1. The molecule has 1 nitrogen and oxygen atoms in total. The van der Waals surface area contributed by atoms with Gasteiger partial charge in [0, 0.05) is 11.0 Å². The van der Waals surface area contributed by atoms with E-state index in [9.17, 15) is 9.50 Å². The van der Waals surface area contributed by atoms with Crippen molar-refractivity contribution in [2.45, 2.75) is 31.1 Å². The first kappa shape index (κ1) is 11.0. The fourth-order valence-electron chi connectivity index (χ4n) is 2.21. The molecule has 1 aromatic carbocycles. The highest BCUT2D eigenvalue weighted by molar-refractivity contribution is 8.00. The molecule has 1 heterocycles. The largest absolute Gasteiger partial charge is 0.384 e. The van der Waals surface area contributed by atoms with Crippen molar-refractivity contribution in [3.8, 4) is 0 Å². The van der Waals surface area contributed by atoms with Crippen LogP contribution in [-0.4, -0.2) is 16.1 Å². The van der Waals surface area contributed by atoms with Gasteiger partial charge in [-0.3, -0.25) is 0 Å². The standard InChI is InChI=1S/C12H15FOS/c1-8-5-10(13)3-4-11(8)12(14)6-9(2)15-7-12/h3-5,9,14H,6-7H2,1-2H3. The molecule has 2 atom stereocenters. The first-order valence-corrected chi connectivity index (χ1v) is 6.17. The van der Waals surface area contributed by atoms with E-state index in [1.165, 1.54) is 12.1 Å². The normalized spacial score (nSPS) is 30.8. The average Bonchev–Trinajstić information content (AvgIpc) is 2.46. The lowest BCUT2D eigenvalue weighted by molar-refractivity contribution is 0.0605. The molecule has 1 aliphatic heterocycles. The molecule has 1 aliphatic rings. The molecule has 1 aromatic rings. The van der Waals surface area contributed by atoms with Gasteiger partial charge in [0.2, 0.25) is 0 Å². The SMILES string of the molecule is Cc1cc(F)ccc1C1(O)CSC(C)C1. The monoisotopic (exact) mass is 226 g/mol. The smallest absolute Gasteiger partial charge is 0.123 e. The highest BCUT2D eigenvalue weighted by Gasteiger charge is 2.38. The summed E-state index contributed by atoms with van der Waals surface area (Å²) in [6.07, 6.45) is 0.754. The van der Waals surface area contributed by atoms with E-state index < -0.39 is 5.60 Å². The molecule has 0 amide bonds. The fourth-order valence-corrected chi connectivity index (χ4v) is 3.44. The zero-order valence-corrected chi connectivity index (χ0v) is 9.77. The summed E-state index contributed by atoms with van der Waals surface area (Å²) in [7, 11) is 0. The Bertz CT molecular complexity index is 380. The molecule has 0 aromatic heterocycles. The van der Waals surface area contributed by atoms with E-state index in [1.807, 2.05) is 6.92 Å². The number of aliphatic hydroxyl groups is 1. The molecule has 1 N–H and O–H groups in total. The molecule has 0 radical (unpaired) electrons. The van der Waals surface area contributed by atoms with Gasteiger partial charge in [0.1, 0.15) is 5.82 Å². The summed E-state index contributed by atoms with van der Waals surface area (Å²) in [6.45, 7) is 3.96. The predicted octanol–water partition coefficient (Wildman–Crippen LogP) is 2.85. The van der Waals surface area contributed by atoms with Crippen LogP contribution < -0.4 is 0 Å². The van der Waals surface area contributed by atoms with Crippen LogP contribution in [0.2, 0.25) is 0 Å². The minimum absolute atomic E-state index is 0.237. The highest BCUT2D eigenvalue weighted by atomic mass is 32.2. The summed E-state index contributed by atoms with van der Waals surface area (Å²) in [5, 5.41) is 10.9. The molecule has 3 heteroatoms. The van der Waals surface area contributed by atoms with Gasteiger partial charge in [-0.15, -0.1) is 0 Å². The van der Waals surface area contributed by atoms with Crippen LogP contribution in [0, 0.1) is 12.7 Å². The van der Waals surface area contributed by atoms with Crippen LogP contribution in [0.15, 0.2) is 18.2 Å². The number of halogens is 1. The quantitative estimate of drug-likeness (QED) is 0.794. The molecule has 0 saturated carbocycles. The fraction of sp³-hybridized carbons (Fsp3) is 0.500. The summed E-state index contributed by atoms with van der Waals surface area (Å²) in [5.74, 6) is 0.472. The average molecular weight is 226 g/mol. The van der Waals surface area contributed by atoms with Gasteiger partial charge in [-0.25, -0.2) is 4.39 Å². The number of hydrogen-bond acceptors (Lipinski definition) is 2. The minimum Gasteiger partial charge on any atom is -0.384 e. The van der Waals surface area contributed by atoms with Gasteiger partial charge in [0.25, 0.3) is 0 Å². The molecule has 1 saturated heterocycles. The van der Waals surface area contributed by atoms with Gasteiger partial charge >= 0.3 is 0 Å². The molecule has 1 fully saturated rings. The lowest BCUT2D eigenvalue weighted by atomic mass is 9.88. The number of aryl methyl sites for hydroxylation is 1. The Balaban J connectivity index is 2.37. The summed E-state index contributed by atoms with van der Waals surface area (Å²) in [5.41, 5.74) is 0.954. The third-order valence-electron chi connectivity index (χ3n) is 2.92. The Morgan fingerprint density at radius 1 is 1.53 bits per heavy atom. The zero-order valence-electron chi connectivity index (χ0n) is 8.96. The molecule has 82 valence electrons. The molecular formula is C12H15FOS. The minimum atomic E-state index is -0.762. The van der Waals surface area contributed by atoms with Gasteiger partial charge in [0.15, 0.2) is 0 Å². The Morgan fingerprint density at radius 2 is 2.27 bits per heavy atom. The third-order valence-corrected chi connectivity index (χ3v) is 4.30. The van der Waals surface area contributed by atoms with Crippen LogP contribution in [0.1, 0.15) is 24.5 Å². The maximum atomic E-state index is 12.9. The van der Waals surface area contributed by atoms with Crippen molar-refractivity contribution in [3.63, 3.8) is 0 Å². The van der Waals surface area contributed by atoms with Crippen molar-refractivity contribution in [1.82, 2.24) is 0 Å². The maximum Gasteiger partial charge on any atom is 0.123 e. The number of rotatable bonds is 1. The van der Waals surface area contributed by atoms with E-state index in [2.05, 4.69) is 6.92 Å². The van der Waals surface area contributed by atoms with E-state index in [0.717, 1.165) is 17.5 Å².